The summed E-state index contributed by atoms with van der Waals surface area (Å²) >= 11 is 0. The van der Waals surface area contributed by atoms with Crippen LogP contribution in [0.1, 0.15) is 24.0 Å². The molecule has 0 spiro atoms. The van der Waals surface area contributed by atoms with Crippen LogP contribution in [0, 0.1) is 12.8 Å². The standard InChI is InChI=1S/C14H20N2O2/c1-9-3-2-4-10(5-9)8-16-14(18)11-6-12(15)13(17)7-11/h2-5,11-13,17H,6-8,15H2,1H3,(H,16,18)/t11-,12+,13+/m0/s1. The number of aliphatic hydroxyl groups excluding tert-OH is 1. The van der Waals surface area contributed by atoms with Gasteiger partial charge in [0.15, 0.2) is 0 Å². The van der Waals surface area contributed by atoms with Crippen LogP contribution in [-0.2, 0) is 11.3 Å². The summed E-state index contributed by atoms with van der Waals surface area (Å²) in [6, 6.07) is 7.78. The topological polar surface area (TPSA) is 75.4 Å². The number of benzene rings is 1. The summed E-state index contributed by atoms with van der Waals surface area (Å²) in [5.74, 6) is -0.164. The van der Waals surface area contributed by atoms with Gasteiger partial charge in [-0.15, -0.1) is 0 Å². The van der Waals surface area contributed by atoms with E-state index < -0.39 is 6.10 Å². The molecule has 1 saturated carbocycles. The molecule has 0 bridgehead atoms. The zero-order valence-electron chi connectivity index (χ0n) is 10.6. The van der Waals surface area contributed by atoms with Gasteiger partial charge in [-0.25, -0.2) is 0 Å². The lowest BCUT2D eigenvalue weighted by molar-refractivity contribution is -0.125. The summed E-state index contributed by atoms with van der Waals surface area (Å²) in [4.78, 5) is 11.9. The fourth-order valence-electron chi connectivity index (χ4n) is 2.42. The van der Waals surface area contributed by atoms with Gasteiger partial charge in [-0.2, -0.15) is 0 Å². The first kappa shape index (κ1) is 13.1. The van der Waals surface area contributed by atoms with Crippen LogP contribution in [0.3, 0.4) is 0 Å². The molecule has 0 saturated heterocycles. The van der Waals surface area contributed by atoms with Crippen LogP contribution in [0.2, 0.25) is 0 Å². The molecule has 1 aromatic carbocycles. The first-order valence-corrected chi connectivity index (χ1v) is 6.33. The maximum Gasteiger partial charge on any atom is 0.223 e. The Morgan fingerprint density at radius 2 is 2.28 bits per heavy atom. The Morgan fingerprint density at radius 1 is 1.50 bits per heavy atom. The summed E-state index contributed by atoms with van der Waals surface area (Å²) in [5, 5.41) is 12.4. The van der Waals surface area contributed by atoms with Crippen LogP contribution < -0.4 is 11.1 Å². The number of aliphatic hydroxyl groups is 1. The van der Waals surface area contributed by atoms with E-state index in [9.17, 15) is 9.90 Å². The number of carbonyl (C=O) groups is 1. The third-order valence-electron chi connectivity index (χ3n) is 3.50. The Kier molecular flexibility index (Phi) is 3.99. The second-order valence-corrected chi connectivity index (χ2v) is 5.11. The summed E-state index contributed by atoms with van der Waals surface area (Å²) in [7, 11) is 0. The molecule has 0 radical (unpaired) electrons. The van der Waals surface area contributed by atoms with Gasteiger partial charge in [0.1, 0.15) is 0 Å². The van der Waals surface area contributed by atoms with Gasteiger partial charge in [0.25, 0.3) is 0 Å². The van der Waals surface area contributed by atoms with Gasteiger partial charge in [0.2, 0.25) is 5.91 Å². The normalized spacial score (nSPS) is 27.2. The molecule has 1 fully saturated rings. The van der Waals surface area contributed by atoms with E-state index in [4.69, 9.17) is 5.73 Å². The highest BCUT2D eigenvalue weighted by molar-refractivity contribution is 5.79. The number of hydrogen-bond donors (Lipinski definition) is 3. The number of hydrogen-bond acceptors (Lipinski definition) is 3. The molecule has 3 atom stereocenters. The predicted molar refractivity (Wildman–Crippen MR) is 69.7 cm³/mol. The highest BCUT2D eigenvalue weighted by Gasteiger charge is 2.34. The minimum absolute atomic E-state index is 0.0106. The maximum atomic E-state index is 11.9. The van der Waals surface area contributed by atoms with E-state index in [0.717, 1.165) is 5.56 Å². The van der Waals surface area contributed by atoms with Crippen molar-refractivity contribution in [2.75, 3.05) is 0 Å². The third kappa shape index (κ3) is 3.09. The Bertz CT molecular complexity index is 424. The van der Waals surface area contributed by atoms with E-state index in [-0.39, 0.29) is 17.9 Å². The second-order valence-electron chi connectivity index (χ2n) is 5.11. The zero-order valence-corrected chi connectivity index (χ0v) is 10.6. The first-order chi connectivity index (χ1) is 8.56. The van der Waals surface area contributed by atoms with Crippen molar-refractivity contribution in [2.45, 2.75) is 38.5 Å². The Morgan fingerprint density at radius 3 is 2.89 bits per heavy atom. The van der Waals surface area contributed by atoms with Crippen molar-refractivity contribution in [1.82, 2.24) is 5.32 Å². The minimum Gasteiger partial charge on any atom is -0.391 e. The fourth-order valence-corrected chi connectivity index (χ4v) is 2.42. The van der Waals surface area contributed by atoms with Gasteiger partial charge >= 0.3 is 0 Å². The first-order valence-electron chi connectivity index (χ1n) is 6.33. The Hall–Kier alpha value is -1.39. The van der Waals surface area contributed by atoms with Crippen LogP contribution in [0.4, 0.5) is 0 Å². The van der Waals surface area contributed by atoms with Crippen molar-refractivity contribution in [1.29, 1.82) is 0 Å². The van der Waals surface area contributed by atoms with Crippen LogP contribution in [0.15, 0.2) is 24.3 Å². The van der Waals surface area contributed by atoms with E-state index >= 15 is 0 Å². The van der Waals surface area contributed by atoms with Gasteiger partial charge < -0.3 is 16.2 Å². The van der Waals surface area contributed by atoms with E-state index in [2.05, 4.69) is 11.4 Å². The number of amides is 1. The van der Waals surface area contributed by atoms with Crippen molar-refractivity contribution in [3.63, 3.8) is 0 Å². The van der Waals surface area contributed by atoms with Crippen molar-refractivity contribution in [3.8, 4) is 0 Å². The van der Waals surface area contributed by atoms with Gasteiger partial charge in [0.05, 0.1) is 6.10 Å². The number of nitrogens with two attached hydrogens (primary N) is 1. The highest BCUT2D eigenvalue weighted by Crippen LogP contribution is 2.24. The molecule has 4 N–H and O–H groups in total. The van der Waals surface area contributed by atoms with Gasteiger partial charge in [0, 0.05) is 18.5 Å². The quantitative estimate of drug-likeness (QED) is 0.737. The lowest BCUT2D eigenvalue weighted by Gasteiger charge is -2.10. The molecule has 4 heteroatoms. The van der Waals surface area contributed by atoms with Crippen molar-refractivity contribution in [2.24, 2.45) is 11.7 Å². The molecular weight excluding hydrogens is 228 g/mol. The lowest BCUT2D eigenvalue weighted by atomic mass is 10.1. The molecule has 18 heavy (non-hydrogen) atoms. The smallest absolute Gasteiger partial charge is 0.223 e. The van der Waals surface area contributed by atoms with Gasteiger partial charge in [-0.1, -0.05) is 29.8 Å². The average molecular weight is 248 g/mol. The molecule has 2 rings (SSSR count). The van der Waals surface area contributed by atoms with Gasteiger partial charge in [-0.3, -0.25) is 4.79 Å². The van der Waals surface area contributed by atoms with E-state index in [1.165, 1.54) is 5.56 Å². The van der Waals surface area contributed by atoms with Gasteiger partial charge in [-0.05, 0) is 25.3 Å². The summed E-state index contributed by atoms with van der Waals surface area (Å²) in [6.07, 6.45) is 0.501. The summed E-state index contributed by atoms with van der Waals surface area (Å²) in [5.41, 5.74) is 7.97. The van der Waals surface area contributed by atoms with Crippen LogP contribution >= 0.6 is 0 Å². The van der Waals surface area contributed by atoms with Crippen LogP contribution in [-0.4, -0.2) is 23.2 Å². The monoisotopic (exact) mass is 248 g/mol. The van der Waals surface area contributed by atoms with Crippen molar-refractivity contribution < 1.29 is 9.90 Å². The number of aryl methyl sites for hydroxylation is 1. The van der Waals surface area contributed by atoms with E-state index in [0.29, 0.717) is 19.4 Å². The maximum absolute atomic E-state index is 11.9. The van der Waals surface area contributed by atoms with Crippen molar-refractivity contribution >= 4 is 5.91 Å². The molecule has 98 valence electrons. The Balaban J connectivity index is 1.85. The van der Waals surface area contributed by atoms with Crippen molar-refractivity contribution in [3.05, 3.63) is 35.4 Å². The molecule has 1 amide bonds. The average Bonchev–Trinajstić information content (AvgIpc) is 2.67. The molecule has 0 aliphatic heterocycles. The SMILES string of the molecule is Cc1cccc(CNC(=O)[C@H]2C[C@@H](N)[C@H](O)C2)c1. The Labute approximate surface area is 107 Å². The zero-order chi connectivity index (χ0) is 13.1. The molecule has 0 heterocycles. The number of carbonyl (C=O) groups excluding carboxylic acids is 1. The predicted octanol–water partition coefficient (Wildman–Crippen LogP) is 0.709. The van der Waals surface area contributed by atoms with Crippen LogP contribution in [0.25, 0.3) is 0 Å². The molecule has 0 aromatic heterocycles. The largest absolute Gasteiger partial charge is 0.391 e. The fraction of sp³-hybridized carbons (Fsp3) is 0.500. The molecule has 1 aliphatic rings. The molecule has 4 nitrogen and oxygen atoms in total. The summed E-state index contributed by atoms with van der Waals surface area (Å²) in [6.45, 7) is 2.56. The van der Waals surface area contributed by atoms with E-state index in [1.54, 1.807) is 0 Å². The molecule has 0 unspecified atom stereocenters. The molecule has 1 aliphatic carbocycles. The third-order valence-corrected chi connectivity index (χ3v) is 3.50. The minimum atomic E-state index is -0.542. The van der Waals surface area contributed by atoms with E-state index in [1.807, 2.05) is 25.1 Å². The number of nitrogens with one attached hydrogen (secondary N) is 1. The second kappa shape index (κ2) is 5.50. The number of rotatable bonds is 3. The molecule has 1 aromatic rings. The highest BCUT2D eigenvalue weighted by atomic mass is 16.3. The lowest BCUT2D eigenvalue weighted by Crippen LogP contribution is -2.30. The van der Waals surface area contributed by atoms with Crippen LogP contribution in [0.5, 0.6) is 0 Å². The summed E-state index contributed by atoms with van der Waals surface area (Å²) < 4.78 is 0. The molecular formula is C14H20N2O2.